The van der Waals surface area contributed by atoms with Gasteiger partial charge in [-0.25, -0.2) is 0 Å². The van der Waals surface area contributed by atoms with Gasteiger partial charge in [0, 0.05) is 0 Å². The van der Waals surface area contributed by atoms with Gasteiger partial charge in [0.15, 0.2) is 0 Å². The van der Waals surface area contributed by atoms with Gasteiger partial charge in [-0.3, -0.25) is 0 Å². The van der Waals surface area contributed by atoms with Crippen LogP contribution in [0.2, 0.25) is 0 Å². The monoisotopic (exact) mass is 152 g/mol. The lowest BCUT2D eigenvalue weighted by atomic mass is 9.85. The number of hydrogen-bond acceptors (Lipinski definition) is 3. The van der Waals surface area contributed by atoms with Crippen LogP contribution in [0.15, 0.2) is 22.8 Å². The van der Waals surface area contributed by atoms with Crippen LogP contribution in [-0.2, 0) is 14.9 Å². The van der Waals surface area contributed by atoms with E-state index < -0.39 is 5.41 Å². The number of rotatable bonds is 2. The molecular weight excluding hydrogens is 144 g/mol. The van der Waals surface area contributed by atoms with E-state index in [9.17, 15) is 4.79 Å². The van der Waals surface area contributed by atoms with Crippen molar-refractivity contribution >= 4 is 6.29 Å². The van der Waals surface area contributed by atoms with Crippen LogP contribution in [0, 0.1) is 0 Å². The molecule has 11 heavy (non-hydrogen) atoms. The first kappa shape index (κ1) is 6.61. The fourth-order valence-corrected chi connectivity index (χ4v) is 1.15. The predicted octanol–water partition coefficient (Wildman–Crippen LogP) is 0.747. The van der Waals surface area contributed by atoms with Gasteiger partial charge in [-0.05, 0) is 12.1 Å². The minimum absolute atomic E-state index is 0.448. The van der Waals surface area contributed by atoms with Gasteiger partial charge >= 0.3 is 0 Å². The Balaban J connectivity index is 2.32. The van der Waals surface area contributed by atoms with Crippen molar-refractivity contribution < 1.29 is 13.9 Å². The molecule has 1 saturated heterocycles. The quantitative estimate of drug-likeness (QED) is 0.587. The molecule has 2 heterocycles. The molecule has 0 unspecified atom stereocenters. The van der Waals surface area contributed by atoms with Crippen LogP contribution in [0.4, 0.5) is 0 Å². The molecule has 0 spiro atoms. The average Bonchev–Trinajstić information content (AvgIpc) is 2.39. The smallest absolute Gasteiger partial charge is 0.138 e. The molecule has 3 heteroatoms. The molecule has 0 radical (unpaired) electrons. The fourth-order valence-electron chi connectivity index (χ4n) is 1.15. The maximum absolute atomic E-state index is 10.7. The van der Waals surface area contributed by atoms with Gasteiger partial charge in [0.1, 0.15) is 17.5 Å². The molecule has 0 aromatic carbocycles. The van der Waals surface area contributed by atoms with E-state index in [1.54, 1.807) is 18.4 Å². The summed E-state index contributed by atoms with van der Waals surface area (Å²) in [6.45, 7) is 0.897. The molecule has 0 amide bonds. The third-order valence-corrected chi connectivity index (χ3v) is 1.96. The summed E-state index contributed by atoms with van der Waals surface area (Å²) in [7, 11) is 0. The molecule has 1 aliphatic heterocycles. The zero-order valence-electron chi connectivity index (χ0n) is 5.95. The average molecular weight is 152 g/mol. The molecule has 2 rings (SSSR count). The van der Waals surface area contributed by atoms with Crippen LogP contribution >= 0.6 is 0 Å². The highest BCUT2D eigenvalue weighted by Gasteiger charge is 2.42. The van der Waals surface area contributed by atoms with E-state index in [1.165, 1.54) is 0 Å². The second-order valence-corrected chi connectivity index (χ2v) is 2.74. The molecule has 58 valence electrons. The lowest BCUT2D eigenvalue weighted by molar-refractivity contribution is -0.132. The lowest BCUT2D eigenvalue weighted by Crippen LogP contribution is -2.47. The highest BCUT2D eigenvalue weighted by molar-refractivity contribution is 5.68. The Hall–Kier alpha value is -1.09. The predicted molar refractivity (Wildman–Crippen MR) is 37.3 cm³/mol. The zero-order valence-corrected chi connectivity index (χ0v) is 5.95. The number of ether oxygens (including phenoxy) is 1. The summed E-state index contributed by atoms with van der Waals surface area (Å²) in [6.07, 6.45) is 2.47. The molecular formula is C8H8O3. The van der Waals surface area contributed by atoms with Crippen LogP contribution < -0.4 is 0 Å². The minimum atomic E-state index is -0.483. The van der Waals surface area contributed by atoms with E-state index in [-0.39, 0.29) is 0 Å². The summed E-state index contributed by atoms with van der Waals surface area (Å²) in [5.74, 6) is 0.707. The Bertz CT molecular complexity index is 246. The number of hydrogen-bond donors (Lipinski definition) is 0. The van der Waals surface area contributed by atoms with Crippen molar-refractivity contribution in [3.8, 4) is 0 Å². The van der Waals surface area contributed by atoms with Gasteiger partial charge in [-0.1, -0.05) is 0 Å². The molecule has 0 saturated carbocycles. The summed E-state index contributed by atoms with van der Waals surface area (Å²) < 4.78 is 10.1. The number of carbonyl (C=O) groups is 1. The molecule has 0 bridgehead atoms. The molecule has 0 aliphatic carbocycles. The van der Waals surface area contributed by atoms with Gasteiger partial charge in [-0.2, -0.15) is 0 Å². The molecule has 0 N–H and O–H groups in total. The highest BCUT2D eigenvalue weighted by Crippen LogP contribution is 2.30. The molecule has 1 fully saturated rings. The number of aldehydes is 1. The van der Waals surface area contributed by atoms with Gasteiger partial charge in [0.2, 0.25) is 0 Å². The van der Waals surface area contributed by atoms with Crippen molar-refractivity contribution in [2.24, 2.45) is 0 Å². The van der Waals surface area contributed by atoms with E-state index in [2.05, 4.69) is 0 Å². The van der Waals surface area contributed by atoms with Gasteiger partial charge in [-0.15, -0.1) is 0 Å². The topological polar surface area (TPSA) is 39.4 Å². The maximum atomic E-state index is 10.7. The molecule has 3 nitrogen and oxygen atoms in total. The second kappa shape index (κ2) is 2.20. The van der Waals surface area contributed by atoms with Crippen molar-refractivity contribution in [2.45, 2.75) is 5.41 Å². The van der Waals surface area contributed by atoms with Crippen LogP contribution in [0.25, 0.3) is 0 Å². The SMILES string of the molecule is O=CC1(c2ccco2)COC1. The van der Waals surface area contributed by atoms with Gasteiger partial charge < -0.3 is 13.9 Å². The first-order valence-corrected chi connectivity index (χ1v) is 3.45. The van der Waals surface area contributed by atoms with E-state index in [4.69, 9.17) is 9.15 Å². The Labute approximate surface area is 64.0 Å². The standard InChI is InChI=1S/C8H8O3/c9-4-8(5-10-6-8)7-2-1-3-11-7/h1-4H,5-6H2. The number of furan rings is 1. The first-order chi connectivity index (χ1) is 5.37. The summed E-state index contributed by atoms with van der Waals surface area (Å²) in [5, 5.41) is 0. The lowest BCUT2D eigenvalue weighted by Gasteiger charge is -2.34. The Morgan fingerprint density at radius 1 is 1.55 bits per heavy atom. The zero-order chi connectivity index (χ0) is 7.73. The first-order valence-electron chi connectivity index (χ1n) is 3.45. The largest absolute Gasteiger partial charge is 0.468 e. The van der Waals surface area contributed by atoms with E-state index in [0.29, 0.717) is 19.0 Å². The second-order valence-electron chi connectivity index (χ2n) is 2.74. The fraction of sp³-hybridized carbons (Fsp3) is 0.375. The number of carbonyl (C=O) groups excluding carboxylic acids is 1. The van der Waals surface area contributed by atoms with Crippen molar-refractivity contribution in [3.63, 3.8) is 0 Å². The van der Waals surface area contributed by atoms with Crippen LogP contribution in [0.5, 0.6) is 0 Å². The van der Waals surface area contributed by atoms with Gasteiger partial charge in [0.05, 0.1) is 19.5 Å². The summed E-state index contributed by atoms with van der Waals surface area (Å²) >= 11 is 0. The van der Waals surface area contributed by atoms with E-state index >= 15 is 0 Å². The summed E-state index contributed by atoms with van der Waals surface area (Å²) in [4.78, 5) is 10.7. The highest BCUT2D eigenvalue weighted by atomic mass is 16.5. The van der Waals surface area contributed by atoms with E-state index in [0.717, 1.165) is 6.29 Å². The molecule has 0 atom stereocenters. The molecule has 1 aromatic heterocycles. The Kier molecular flexibility index (Phi) is 1.32. The minimum Gasteiger partial charge on any atom is -0.468 e. The van der Waals surface area contributed by atoms with Crippen LogP contribution in [0.1, 0.15) is 5.76 Å². The molecule has 1 aliphatic rings. The van der Waals surface area contributed by atoms with Crippen molar-refractivity contribution in [2.75, 3.05) is 13.2 Å². The normalized spacial score (nSPS) is 20.7. The van der Waals surface area contributed by atoms with Crippen molar-refractivity contribution in [1.29, 1.82) is 0 Å². The van der Waals surface area contributed by atoms with Crippen LogP contribution in [-0.4, -0.2) is 19.5 Å². The van der Waals surface area contributed by atoms with E-state index in [1.807, 2.05) is 0 Å². The summed E-state index contributed by atoms with van der Waals surface area (Å²) in [6, 6.07) is 3.58. The van der Waals surface area contributed by atoms with Crippen molar-refractivity contribution in [1.82, 2.24) is 0 Å². The van der Waals surface area contributed by atoms with Crippen molar-refractivity contribution in [3.05, 3.63) is 24.2 Å². The Morgan fingerprint density at radius 2 is 2.36 bits per heavy atom. The third-order valence-electron chi connectivity index (χ3n) is 1.96. The third kappa shape index (κ3) is 0.811. The maximum Gasteiger partial charge on any atom is 0.138 e. The Morgan fingerprint density at radius 3 is 2.73 bits per heavy atom. The van der Waals surface area contributed by atoms with Gasteiger partial charge in [0.25, 0.3) is 0 Å². The summed E-state index contributed by atoms with van der Waals surface area (Å²) in [5.41, 5.74) is -0.483. The molecule has 1 aromatic rings. The van der Waals surface area contributed by atoms with Crippen LogP contribution in [0.3, 0.4) is 0 Å².